The maximum Gasteiger partial charge on any atom is 0.418 e. The molecule has 0 fully saturated rings. The van der Waals surface area contributed by atoms with Crippen LogP contribution in [-0.2, 0) is 11.0 Å². The molecule has 0 heterocycles. The SMILES string of the molecule is Cc1ccc(C=CC(=O)Nc2ccccc2C(F)(F)F)c(C)c1. The summed E-state index contributed by atoms with van der Waals surface area (Å²) in [6.45, 7) is 3.87. The first-order valence-corrected chi connectivity index (χ1v) is 7.00. The minimum Gasteiger partial charge on any atom is -0.322 e. The molecule has 0 saturated carbocycles. The molecule has 2 aromatic carbocycles. The Kier molecular flexibility index (Phi) is 4.89. The van der Waals surface area contributed by atoms with Crippen molar-refractivity contribution in [2.75, 3.05) is 5.32 Å². The average Bonchev–Trinajstić information content (AvgIpc) is 2.46. The molecule has 0 radical (unpaired) electrons. The number of nitrogens with one attached hydrogen (secondary N) is 1. The summed E-state index contributed by atoms with van der Waals surface area (Å²) in [5.74, 6) is -0.610. The van der Waals surface area contributed by atoms with Gasteiger partial charge in [-0.25, -0.2) is 0 Å². The van der Waals surface area contributed by atoms with Gasteiger partial charge in [-0.1, -0.05) is 35.9 Å². The molecule has 5 heteroatoms. The van der Waals surface area contributed by atoms with Crippen molar-refractivity contribution in [1.82, 2.24) is 0 Å². The second kappa shape index (κ2) is 6.69. The molecule has 0 aromatic heterocycles. The second-order valence-corrected chi connectivity index (χ2v) is 5.23. The molecule has 0 saturated heterocycles. The number of hydrogen-bond acceptors (Lipinski definition) is 1. The highest BCUT2D eigenvalue weighted by atomic mass is 19.4. The fraction of sp³-hybridized carbons (Fsp3) is 0.167. The lowest BCUT2D eigenvalue weighted by Gasteiger charge is -2.12. The Labute approximate surface area is 132 Å². The topological polar surface area (TPSA) is 29.1 Å². The van der Waals surface area contributed by atoms with Crippen LogP contribution in [0.5, 0.6) is 0 Å². The van der Waals surface area contributed by atoms with Crippen LogP contribution in [0.25, 0.3) is 6.08 Å². The van der Waals surface area contributed by atoms with Crippen molar-refractivity contribution in [2.45, 2.75) is 20.0 Å². The van der Waals surface area contributed by atoms with Crippen LogP contribution >= 0.6 is 0 Å². The highest BCUT2D eigenvalue weighted by Crippen LogP contribution is 2.34. The van der Waals surface area contributed by atoms with Gasteiger partial charge in [0, 0.05) is 6.08 Å². The van der Waals surface area contributed by atoms with Gasteiger partial charge in [-0.2, -0.15) is 13.2 Å². The maximum atomic E-state index is 12.9. The highest BCUT2D eigenvalue weighted by Gasteiger charge is 2.33. The molecule has 1 amide bonds. The third-order valence-corrected chi connectivity index (χ3v) is 3.33. The van der Waals surface area contributed by atoms with Gasteiger partial charge in [0.05, 0.1) is 11.3 Å². The van der Waals surface area contributed by atoms with Gasteiger partial charge in [-0.15, -0.1) is 0 Å². The number of aryl methyl sites for hydroxylation is 2. The van der Waals surface area contributed by atoms with E-state index in [-0.39, 0.29) is 5.69 Å². The monoisotopic (exact) mass is 319 g/mol. The zero-order valence-corrected chi connectivity index (χ0v) is 12.7. The van der Waals surface area contributed by atoms with E-state index in [4.69, 9.17) is 0 Å². The molecule has 0 unspecified atom stereocenters. The minimum absolute atomic E-state index is 0.254. The predicted octanol–water partition coefficient (Wildman–Crippen LogP) is 4.97. The Morgan fingerprint density at radius 1 is 1.09 bits per heavy atom. The number of anilines is 1. The fourth-order valence-electron chi connectivity index (χ4n) is 2.19. The van der Waals surface area contributed by atoms with E-state index < -0.39 is 17.6 Å². The van der Waals surface area contributed by atoms with Gasteiger partial charge in [0.1, 0.15) is 0 Å². The molecule has 0 bridgehead atoms. The number of benzene rings is 2. The van der Waals surface area contributed by atoms with E-state index >= 15 is 0 Å². The molecule has 2 aromatic rings. The number of alkyl halides is 3. The number of hydrogen-bond donors (Lipinski definition) is 1. The van der Waals surface area contributed by atoms with Crippen molar-refractivity contribution < 1.29 is 18.0 Å². The van der Waals surface area contributed by atoms with Crippen LogP contribution in [0.3, 0.4) is 0 Å². The van der Waals surface area contributed by atoms with Gasteiger partial charge in [-0.05, 0) is 43.2 Å². The second-order valence-electron chi connectivity index (χ2n) is 5.23. The Morgan fingerprint density at radius 3 is 2.43 bits per heavy atom. The smallest absolute Gasteiger partial charge is 0.322 e. The lowest BCUT2D eigenvalue weighted by atomic mass is 10.1. The summed E-state index contributed by atoms with van der Waals surface area (Å²) in [5.41, 5.74) is 1.81. The van der Waals surface area contributed by atoms with Crippen molar-refractivity contribution >= 4 is 17.7 Å². The summed E-state index contributed by atoms with van der Waals surface area (Å²) >= 11 is 0. The van der Waals surface area contributed by atoms with Crippen molar-refractivity contribution in [3.8, 4) is 0 Å². The van der Waals surface area contributed by atoms with E-state index in [1.54, 1.807) is 6.08 Å². The van der Waals surface area contributed by atoms with Gasteiger partial charge in [0.15, 0.2) is 0 Å². The fourth-order valence-corrected chi connectivity index (χ4v) is 2.19. The lowest BCUT2D eigenvalue weighted by Crippen LogP contribution is -2.14. The Morgan fingerprint density at radius 2 is 1.78 bits per heavy atom. The average molecular weight is 319 g/mol. The molecule has 120 valence electrons. The summed E-state index contributed by atoms with van der Waals surface area (Å²) in [6.07, 6.45) is -1.70. The van der Waals surface area contributed by atoms with Crippen LogP contribution in [0.4, 0.5) is 18.9 Å². The van der Waals surface area contributed by atoms with E-state index in [2.05, 4.69) is 5.32 Å². The van der Waals surface area contributed by atoms with Crippen LogP contribution < -0.4 is 5.32 Å². The third-order valence-electron chi connectivity index (χ3n) is 3.33. The van der Waals surface area contributed by atoms with Gasteiger partial charge >= 0.3 is 6.18 Å². The van der Waals surface area contributed by atoms with Crippen molar-refractivity contribution in [1.29, 1.82) is 0 Å². The van der Waals surface area contributed by atoms with E-state index in [0.29, 0.717) is 0 Å². The number of para-hydroxylation sites is 1. The Balaban J connectivity index is 2.16. The summed E-state index contributed by atoms with van der Waals surface area (Å²) in [6, 6.07) is 10.6. The quantitative estimate of drug-likeness (QED) is 0.795. The molecule has 23 heavy (non-hydrogen) atoms. The first kappa shape index (κ1) is 16.8. The molecule has 0 aliphatic heterocycles. The van der Waals surface area contributed by atoms with Gasteiger partial charge in [0.2, 0.25) is 5.91 Å². The molecule has 0 spiro atoms. The molecular weight excluding hydrogens is 303 g/mol. The lowest BCUT2D eigenvalue weighted by molar-refractivity contribution is -0.136. The largest absolute Gasteiger partial charge is 0.418 e. The van der Waals surface area contributed by atoms with Crippen LogP contribution in [-0.4, -0.2) is 5.91 Å². The number of halogens is 3. The van der Waals surface area contributed by atoms with E-state index in [9.17, 15) is 18.0 Å². The Bertz CT molecular complexity index is 748. The van der Waals surface area contributed by atoms with Gasteiger partial charge in [0.25, 0.3) is 0 Å². The number of carbonyl (C=O) groups is 1. The predicted molar refractivity (Wildman–Crippen MR) is 85.0 cm³/mol. The molecule has 2 rings (SSSR count). The van der Waals surface area contributed by atoms with Crippen LogP contribution in [0.1, 0.15) is 22.3 Å². The van der Waals surface area contributed by atoms with Crippen LogP contribution in [0.2, 0.25) is 0 Å². The normalized spacial score (nSPS) is 11.7. The molecule has 0 aliphatic rings. The summed E-state index contributed by atoms with van der Waals surface area (Å²) in [4.78, 5) is 11.9. The molecular formula is C18H16F3NO. The molecule has 0 atom stereocenters. The van der Waals surface area contributed by atoms with Crippen molar-refractivity contribution in [3.63, 3.8) is 0 Å². The van der Waals surface area contributed by atoms with Crippen LogP contribution in [0.15, 0.2) is 48.5 Å². The first-order chi connectivity index (χ1) is 10.8. The molecule has 0 aliphatic carbocycles. The van der Waals surface area contributed by atoms with E-state index in [1.165, 1.54) is 24.3 Å². The number of rotatable bonds is 3. The Hall–Kier alpha value is -2.56. The minimum atomic E-state index is -4.51. The van der Waals surface area contributed by atoms with Crippen molar-refractivity contribution in [2.24, 2.45) is 0 Å². The number of amides is 1. The zero-order valence-electron chi connectivity index (χ0n) is 12.7. The molecule has 1 N–H and O–H groups in total. The number of carbonyl (C=O) groups excluding carboxylic acids is 1. The van der Waals surface area contributed by atoms with Crippen LogP contribution in [0, 0.1) is 13.8 Å². The van der Waals surface area contributed by atoms with Gasteiger partial charge < -0.3 is 5.32 Å². The highest BCUT2D eigenvalue weighted by molar-refractivity contribution is 6.02. The summed E-state index contributed by atoms with van der Waals surface area (Å²) in [5, 5.41) is 2.27. The summed E-state index contributed by atoms with van der Waals surface area (Å²) in [7, 11) is 0. The summed E-state index contributed by atoms with van der Waals surface area (Å²) < 4.78 is 38.6. The maximum absolute atomic E-state index is 12.9. The van der Waals surface area contributed by atoms with Gasteiger partial charge in [-0.3, -0.25) is 4.79 Å². The van der Waals surface area contributed by atoms with E-state index in [1.807, 2.05) is 32.0 Å². The van der Waals surface area contributed by atoms with E-state index in [0.717, 1.165) is 22.8 Å². The third kappa shape index (κ3) is 4.45. The first-order valence-electron chi connectivity index (χ1n) is 7.00. The zero-order chi connectivity index (χ0) is 17.0. The standard InChI is InChI=1S/C18H16F3NO/c1-12-7-8-14(13(2)11-12)9-10-17(23)22-16-6-4-3-5-15(16)18(19,20)21/h3-11H,1-2H3,(H,22,23). The molecule has 2 nitrogen and oxygen atoms in total. The van der Waals surface area contributed by atoms with Crippen molar-refractivity contribution in [3.05, 3.63) is 70.8 Å².